The molecule has 0 N–H and O–H groups in total. The summed E-state index contributed by atoms with van der Waals surface area (Å²) in [5.74, 6) is -0.260. The van der Waals surface area contributed by atoms with E-state index in [1.165, 1.54) is 6.07 Å². The Morgan fingerprint density at radius 2 is 1.93 bits per heavy atom. The summed E-state index contributed by atoms with van der Waals surface area (Å²) >= 11 is 3.29. The summed E-state index contributed by atoms with van der Waals surface area (Å²) in [5, 5.41) is 0.254. The average molecular weight is 432 g/mol. The second-order valence-electron chi connectivity index (χ2n) is 2.60. The molecule has 0 unspecified atom stereocenters. The van der Waals surface area contributed by atoms with Crippen LogP contribution < -0.4 is 6.13 Å². The van der Waals surface area contributed by atoms with Crippen molar-refractivity contribution in [3.8, 4) is 11.9 Å². The zero-order valence-corrected chi connectivity index (χ0v) is 11.4. The van der Waals surface area contributed by atoms with Gasteiger partial charge in [-0.05, 0) is 12.1 Å². The molecule has 78 valence electrons. The maximum absolute atomic E-state index is 13.5. The minimum atomic E-state index is -0.417. The van der Waals surface area contributed by atoms with Crippen molar-refractivity contribution in [2.45, 2.75) is 0 Å². The van der Waals surface area contributed by atoms with Gasteiger partial charge in [0.25, 0.3) is 0 Å². The number of aromatic nitrogens is 2. The lowest BCUT2D eigenvalue weighted by molar-refractivity contribution is 0.599. The first-order chi connectivity index (χ1) is 7.26. The van der Waals surface area contributed by atoms with Crippen molar-refractivity contribution in [1.82, 2.24) is 9.97 Å². The van der Waals surface area contributed by atoms with Crippen molar-refractivity contribution < 1.29 is 10.5 Å². The van der Waals surface area contributed by atoms with Gasteiger partial charge in [-0.2, -0.15) is 9.97 Å². The standard InChI is InChI=1S/C8H3FI2N2O2/c9-4-2-1-3-5-6(4)7(14-10)13-8(12-5)15-11/h1-3H. The lowest BCUT2D eigenvalue weighted by Gasteiger charge is -2.04. The van der Waals surface area contributed by atoms with Crippen molar-refractivity contribution >= 4 is 56.9 Å². The molecule has 0 spiro atoms. The monoisotopic (exact) mass is 432 g/mol. The molecule has 0 amide bonds. The highest BCUT2D eigenvalue weighted by molar-refractivity contribution is 14.1. The lowest BCUT2D eigenvalue weighted by Crippen LogP contribution is -1.93. The van der Waals surface area contributed by atoms with Crippen molar-refractivity contribution in [3.05, 3.63) is 24.0 Å². The molecule has 0 aliphatic heterocycles. The van der Waals surface area contributed by atoms with E-state index >= 15 is 0 Å². The highest BCUT2D eigenvalue weighted by atomic mass is 127. The highest BCUT2D eigenvalue weighted by Gasteiger charge is 2.12. The summed E-state index contributed by atoms with van der Waals surface area (Å²) in [7, 11) is 0. The molecule has 7 heteroatoms. The summed E-state index contributed by atoms with van der Waals surface area (Å²) in [5.41, 5.74) is 0.448. The quantitative estimate of drug-likeness (QED) is 0.685. The third-order valence-corrected chi connectivity index (χ3v) is 2.57. The van der Waals surface area contributed by atoms with Gasteiger partial charge in [0.15, 0.2) is 46.0 Å². The van der Waals surface area contributed by atoms with Gasteiger partial charge in [0.2, 0.25) is 5.88 Å². The molecular weight excluding hydrogens is 429 g/mol. The molecule has 1 aromatic heterocycles. The van der Waals surface area contributed by atoms with Crippen LogP contribution in [0.2, 0.25) is 0 Å². The second kappa shape index (κ2) is 4.60. The number of nitrogens with zero attached hydrogens (tertiary/aromatic N) is 2. The average Bonchev–Trinajstić information content (AvgIpc) is 2.27. The Balaban J connectivity index is 2.81. The number of hydrogen-bond acceptors (Lipinski definition) is 4. The number of hydrogen-bond donors (Lipinski definition) is 0. The van der Waals surface area contributed by atoms with Crippen LogP contribution in [0.25, 0.3) is 10.9 Å². The molecule has 1 heterocycles. The van der Waals surface area contributed by atoms with E-state index in [0.717, 1.165) is 0 Å². The number of halogens is 3. The van der Waals surface area contributed by atoms with Crippen LogP contribution in [0, 0.1) is 5.82 Å². The van der Waals surface area contributed by atoms with Crippen LogP contribution in [0.15, 0.2) is 18.2 Å². The molecule has 0 radical (unpaired) electrons. The molecule has 1 aromatic carbocycles. The molecule has 2 rings (SSSR count). The minimum absolute atomic E-state index is 0.139. The Morgan fingerprint density at radius 1 is 1.13 bits per heavy atom. The largest absolute Gasteiger partial charge is 0.407 e. The smallest absolute Gasteiger partial charge is 0.330 e. The highest BCUT2D eigenvalue weighted by Crippen LogP contribution is 2.28. The molecule has 4 nitrogen and oxygen atoms in total. The summed E-state index contributed by atoms with van der Waals surface area (Å²) in [6, 6.07) is 4.70. The number of fused-ring (bicyclic) bond motifs is 1. The Labute approximate surface area is 113 Å². The van der Waals surface area contributed by atoms with Crippen molar-refractivity contribution in [2.75, 3.05) is 0 Å². The topological polar surface area (TPSA) is 44.2 Å². The zero-order valence-electron chi connectivity index (χ0n) is 7.08. The maximum atomic E-state index is 13.5. The first-order valence-corrected chi connectivity index (χ1v) is 5.56. The van der Waals surface area contributed by atoms with Gasteiger partial charge in [0.05, 0.1) is 10.9 Å². The molecule has 2 aromatic rings. The third-order valence-electron chi connectivity index (χ3n) is 1.76. The maximum Gasteiger partial charge on any atom is 0.330 e. The predicted octanol–water partition coefficient (Wildman–Crippen LogP) is 3.23. The summed E-state index contributed by atoms with van der Waals surface area (Å²) in [6.07, 6.45) is 0. The molecule has 0 saturated heterocycles. The Morgan fingerprint density at radius 3 is 2.60 bits per heavy atom. The zero-order chi connectivity index (χ0) is 10.8. The lowest BCUT2D eigenvalue weighted by atomic mass is 10.2. The number of rotatable bonds is 2. The molecule has 0 fully saturated rings. The Hall–Kier alpha value is -0.450. The summed E-state index contributed by atoms with van der Waals surface area (Å²) < 4.78 is 23.3. The fourth-order valence-corrected chi connectivity index (χ4v) is 1.69. The van der Waals surface area contributed by atoms with E-state index in [1.807, 2.05) is 0 Å². The molecule has 0 atom stereocenters. The van der Waals surface area contributed by atoms with Gasteiger partial charge in [-0.15, -0.1) is 0 Å². The molecule has 0 aliphatic rings. The van der Waals surface area contributed by atoms with E-state index < -0.39 is 5.82 Å². The van der Waals surface area contributed by atoms with Gasteiger partial charge in [-0.1, -0.05) is 6.07 Å². The van der Waals surface area contributed by atoms with Crippen LogP contribution >= 0.6 is 46.0 Å². The predicted molar refractivity (Wildman–Crippen MR) is 68.8 cm³/mol. The van der Waals surface area contributed by atoms with E-state index in [-0.39, 0.29) is 17.3 Å². The molecular formula is C8H3FI2N2O2. The van der Waals surface area contributed by atoms with E-state index in [0.29, 0.717) is 5.52 Å². The van der Waals surface area contributed by atoms with Crippen molar-refractivity contribution in [2.24, 2.45) is 0 Å². The Kier molecular flexibility index (Phi) is 3.38. The van der Waals surface area contributed by atoms with Gasteiger partial charge < -0.3 is 6.13 Å². The van der Waals surface area contributed by atoms with Gasteiger partial charge in [0, 0.05) is 0 Å². The molecule has 0 aliphatic carbocycles. The van der Waals surface area contributed by atoms with Gasteiger partial charge >= 0.3 is 6.01 Å². The summed E-state index contributed by atoms with van der Waals surface area (Å²) in [4.78, 5) is 7.89. The van der Waals surface area contributed by atoms with Gasteiger partial charge in [-0.3, -0.25) is 0 Å². The van der Waals surface area contributed by atoms with E-state index in [9.17, 15) is 4.39 Å². The second-order valence-corrected chi connectivity index (χ2v) is 3.48. The third kappa shape index (κ3) is 2.07. The first-order valence-electron chi connectivity index (χ1n) is 3.79. The van der Waals surface area contributed by atoms with E-state index in [2.05, 4.69) is 9.97 Å². The van der Waals surface area contributed by atoms with Crippen LogP contribution in [0.4, 0.5) is 4.39 Å². The summed E-state index contributed by atoms with van der Waals surface area (Å²) in [6.45, 7) is 0. The SMILES string of the molecule is Fc1cccc2nc(OI)nc(OI)c12. The van der Waals surface area contributed by atoms with Crippen molar-refractivity contribution in [1.29, 1.82) is 0 Å². The molecule has 15 heavy (non-hydrogen) atoms. The van der Waals surface area contributed by atoms with Gasteiger partial charge in [-0.25, -0.2) is 4.39 Å². The first kappa shape index (κ1) is 11.0. The number of benzene rings is 1. The van der Waals surface area contributed by atoms with Gasteiger partial charge in [0.1, 0.15) is 5.82 Å². The molecule has 0 bridgehead atoms. The fourth-order valence-electron chi connectivity index (χ4n) is 1.18. The van der Waals surface area contributed by atoms with Crippen LogP contribution in [0.1, 0.15) is 0 Å². The minimum Gasteiger partial charge on any atom is -0.407 e. The van der Waals surface area contributed by atoms with Crippen molar-refractivity contribution in [3.63, 3.8) is 0 Å². The molecule has 0 saturated carbocycles. The van der Waals surface area contributed by atoms with Crippen LogP contribution in [-0.2, 0) is 0 Å². The Bertz CT molecular complexity index is 509. The van der Waals surface area contributed by atoms with Crippen LogP contribution in [0.5, 0.6) is 11.9 Å². The normalized spacial score (nSPS) is 10.3. The van der Waals surface area contributed by atoms with E-state index in [1.54, 1.807) is 58.1 Å². The van der Waals surface area contributed by atoms with E-state index in [4.69, 9.17) is 6.13 Å². The van der Waals surface area contributed by atoms with Crippen LogP contribution in [-0.4, -0.2) is 9.97 Å². The van der Waals surface area contributed by atoms with Crippen LogP contribution in [0.3, 0.4) is 0 Å². The fraction of sp³-hybridized carbons (Fsp3) is 0.